The van der Waals surface area contributed by atoms with Gasteiger partial charge < -0.3 is 5.32 Å². The minimum atomic E-state index is -1.44. The van der Waals surface area contributed by atoms with Crippen molar-refractivity contribution in [3.8, 4) is 0 Å². The predicted octanol–water partition coefficient (Wildman–Crippen LogP) is 7.88. The van der Waals surface area contributed by atoms with Gasteiger partial charge in [-0.05, 0) is 47.5 Å². The van der Waals surface area contributed by atoms with E-state index in [0.29, 0.717) is 11.1 Å². The van der Waals surface area contributed by atoms with E-state index in [0.717, 1.165) is 0 Å². The maximum Gasteiger partial charge on any atom is 0.231 e. The summed E-state index contributed by atoms with van der Waals surface area (Å²) in [5, 5.41) is 2.58. The Bertz CT molecular complexity index is 1300. The minimum Gasteiger partial charge on any atom is -0.324 e. The third-order valence-corrected chi connectivity index (χ3v) is 7.48. The zero-order valence-corrected chi connectivity index (χ0v) is 20.8. The van der Waals surface area contributed by atoms with Gasteiger partial charge in [-0.1, -0.05) is 53.0 Å². The van der Waals surface area contributed by atoms with Crippen LogP contribution in [-0.4, -0.2) is 16.0 Å². The smallest absolute Gasteiger partial charge is 0.231 e. The van der Waals surface area contributed by atoms with Gasteiger partial charge in [-0.15, -0.1) is 23.2 Å². The second-order valence-electron chi connectivity index (χ2n) is 7.80. The van der Waals surface area contributed by atoms with Gasteiger partial charge in [0.2, 0.25) is 5.91 Å². The molecule has 0 spiro atoms. The van der Waals surface area contributed by atoms with Crippen molar-refractivity contribution in [2.45, 2.75) is 16.7 Å². The Morgan fingerprint density at radius 1 is 0.912 bits per heavy atom. The van der Waals surface area contributed by atoms with Gasteiger partial charge in [0.05, 0.1) is 32.2 Å². The summed E-state index contributed by atoms with van der Waals surface area (Å²) in [5.74, 6) is -3.48. The summed E-state index contributed by atoms with van der Waals surface area (Å²) in [7, 11) is 0. The van der Waals surface area contributed by atoms with Crippen LogP contribution >= 0.6 is 58.0 Å². The Morgan fingerprint density at radius 3 is 2.24 bits per heavy atom. The van der Waals surface area contributed by atoms with Crippen molar-refractivity contribution in [2.24, 2.45) is 5.92 Å². The van der Waals surface area contributed by atoms with Gasteiger partial charge in [-0.3, -0.25) is 9.59 Å². The lowest BCUT2D eigenvalue weighted by Gasteiger charge is -2.12. The molecule has 1 amide bonds. The highest BCUT2D eigenvalue weighted by Crippen LogP contribution is 2.65. The molecule has 34 heavy (non-hydrogen) atoms. The molecule has 0 aromatic heterocycles. The van der Waals surface area contributed by atoms with Gasteiger partial charge in [-0.2, -0.15) is 0 Å². The van der Waals surface area contributed by atoms with Crippen LogP contribution < -0.4 is 5.32 Å². The molecule has 0 radical (unpaired) electrons. The number of rotatable bonds is 6. The van der Waals surface area contributed by atoms with E-state index < -0.39 is 39.5 Å². The Morgan fingerprint density at radius 2 is 1.59 bits per heavy atom. The molecule has 10 heteroatoms. The number of hydrogen-bond acceptors (Lipinski definition) is 2. The molecule has 3 aromatic carbocycles. The fourth-order valence-electron chi connectivity index (χ4n) is 3.76. The van der Waals surface area contributed by atoms with E-state index in [1.54, 1.807) is 0 Å². The van der Waals surface area contributed by atoms with Crippen LogP contribution in [0.2, 0.25) is 15.1 Å². The van der Waals surface area contributed by atoms with Crippen molar-refractivity contribution in [2.75, 3.05) is 5.32 Å². The average molecular weight is 564 g/mol. The maximum atomic E-state index is 13.5. The standard InChI is InChI=1S/C24H14Cl5F2NO2/c25-14-6-8-17(22(27)19(14)18(33)9-11-1-4-13(30)5-2-11)32-23(34)21-20(24(21,28)29)12-3-7-16(31)15(26)10-12/h1-8,10,20-21H,9H2,(H,32,34). The normalized spacial score (nSPS) is 18.4. The number of halogens is 7. The number of alkyl halides is 2. The number of nitrogens with one attached hydrogen (secondary N) is 1. The van der Waals surface area contributed by atoms with Crippen LogP contribution in [0.1, 0.15) is 27.4 Å². The first kappa shape index (κ1) is 25.2. The summed E-state index contributed by atoms with van der Waals surface area (Å²) in [5.41, 5.74) is 1.24. The van der Waals surface area contributed by atoms with Crippen LogP contribution in [0.15, 0.2) is 54.6 Å². The maximum absolute atomic E-state index is 13.5. The zero-order chi connectivity index (χ0) is 24.8. The Hall–Kier alpha value is -1.89. The number of Topliss-reactive ketones (excluding diaryl/α,β-unsaturated/α-hetero) is 1. The summed E-state index contributed by atoms with van der Waals surface area (Å²) in [6, 6.07) is 12.3. The number of hydrogen-bond donors (Lipinski definition) is 1. The van der Waals surface area contributed by atoms with E-state index in [1.165, 1.54) is 54.6 Å². The first-order valence-electron chi connectivity index (χ1n) is 9.90. The Balaban J connectivity index is 1.55. The molecular formula is C24H14Cl5F2NO2. The van der Waals surface area contributed by atoms with Gasteiger partial charge in [0.25, 0.3) is 0 Å². The molecule has 176 valence electrons. The van der Waals surface area contributed by atoms with Gasteiger partial charge in [0.15, 0.2) is 5.78 Å². The summed E-state index contributed by atoms with van der Waals surface area (Å²) in [6.45, 7) is 0. The van der Waals surface area contributed by atoms with E-state index in [-0.39, 0.29) is 32.7 Å². The van der Waals surface area contributed by atoms with E-state index in [1.807, 2.05) is 0 Å². The molecule has 2 unspecified atom stereocenters. The highest BCUT2D eigenvalue weighted by atomic mass is 35.5. The topological polar surface area (TPSA) is 46.2 Å². The number of anilines is 1. The molecule has 0 bridgehead atoms. The summed E-state index contributed by atoms with van der Waals surface area (Å²) in [6.07, 6.45) is -0.0698. The minimum absolute atomic E-state index is 0.0196. The summed E-state index contributed by atoms with van der Waals surface area (Å²) in [4.78, 5) is 25.8. The van der Waals surface area contributed by atoms with Crippen molar-refractivity contribution in [1.82, 2.24) is 0 Å². The lowest BCUT2D eigenvalue weighted by molar-refractivity contribution is -0.117. The fourth-order valence-corrected chi connectivity index (χ4v) is 5.41. The second kappa shape index (κ2) is 9.63. The van der Waals surface area contributed by atoms with Gasteiger partial charge in [-0.25, -0.2) is 8.78 Å². The van der Waals surface area contributed by atoms with Crippen molar-refractivity contribution in [3.63, 3.8) is 0 Å². The van der Waals surface area contributed by atoms with Crippen LogP contribution in [0.3, 0.4) is 0 Å². The summed E-state index contributed by atoms with van der Waals surface area (Å²) < 4.78 is 25.2. The molecule has 1 N–H and O–H groups in total. The fraction of sp³-hybridized carbons (Fsp3) is 0.167. The number of carbonyl (C=O) groups excluding carboxylic acids is 2. The number of carbonyl (C=O) groups is 2. The molecule has 2 atom stereocenters. The lowest BCUT2D eigenvalue weighted by Crippen LogP contribution is -2.18. The first-order chi connectivity index (χ1) is 16.0. The molecule has 0 heterocycles. The third kappa shape index (κ3) is 4.91. The molecule has 1 fully saturated rings. The molecule has 3 nitrogen and oxygen atoms in total. The zero-order valence-electron chi connectivity index (χ0n) is 17.0. The highest BCUT2D eigenvalue weighted by Gasteiger charge is 2.67. The largest absolute Gasteiger partial charge is 0.324 e. The Labute approximate surface area is 218 Å². The molecule has 0 aliphatic heterocycles. The van der Waals surface area contributed by atoms with E-state index in [9.17, 15) is 18.4 Å². The van der Waals surface area contributed by atoms with Gasteiger partial charge >= 0.3 is 0 Å². The van der Waals surface area contributed by atoms with Crippen molar-refractivity contribution in [1.29, 1.82) is 0 Å². The number of benzene rings is 3. The van der Waals surface area contributed by atoms with Crippen LogP contribution in [0.4, 0.5) is 14.5 Å². The Kier molecular flexibility index (Phi) is 7.14. The SMILES string of the molecule is O=C(Cc1ccc(F)cc1)c1c(Cl)ccc(NC(=O)C2C(c3ccc(F)c(Cl)c3)C2(Cl)Cl)c1Cl. The van der Waals surface area contributed by atoms with Crippen molar-refractivity contribution < 1.29 is 18.4 Å². The predicted molar refractivity (Wildman–Crippen MR) is 132 cm³/mol. The van der Waals surface area contributed by atoms with E-state index in [2.05, 4.69) is 5.32 Å². The van der Waals surface area contributed by atoms with Crippen LogP contribution in [-0.2, 0) is 11.2 Å². The quantitative estimate of drug-likeness (QED) is 0.245. The monoisotopic (exact) mass is 561 g/mol. The molecule has 3 aromatic rings. The lowest BCUT2D eigenvalue weighted by atomic mass is 10.0. The highest BCUT2D eigenvalue weighted by molar-refractivity contribution is 6.53. The first-order valence-corrected chi connectivity index (χ1v) is 11.8. The second-order valence-corrected chi connectivity index (χ2v) is 10.4. The summed E-state index contributed by atoms with van der Waals surface area (Å²) >= 11 is 31.2. The average Bonchev–Trinajstić information content (AvgIpc) is 3.36. The van der Waals surface area contributed by atoms with Gasteiger partial charge in [0, 0.05) is 12.3 Å². The number of ketones is 1. The molecular weight excluding hydrogens is 550 g/mol. The van der Waals surface area contributed by atoms with Crippen molar-refractivity contribution in [3.05, 3.63) is 98.0 Å². The van der Waals surface area contributed by atoms with Crippen LogP contribution in [0.5, 0.6) is 0 Å². The molecule has 1 aliphatic rings. The number of amides is 1. The molecule has 4 rings (SSSR count). The van der Waals surface area contributed by atoms with Crippen molar-refractivity contribution >= 4 is 75.4 Å². The molecule has 1 aliphatic carbocycles. The molecule has 0 saturated heterocycles. The van der Waals surface area contributed by atoms with Crippen LogP contribution in [0, 0.1) is 17.6 Å². The van der Waals surface area contributed by atoms with Crippen LogP contribution in [0.25, 0.3) is 0 Å². The molecule has 1 saturated carbocycles. The van der Waals surface area contributed by atoms with E-state index in [4.69, 9.17) is 58.0 Å². The van der Waals surface area contributed by atoms with Gasteiger partial charge in [0.1, 0.15) is 16.0 Å². The van der Waals surface area contributed by atoms with E-state index >= 15 is 0 Å². The third-order valence-electron chi connectivity index (χ3n) is 5.54.